The monoisotopic (exact) mass is 273 g/mol. The zero-order valence-corrected chi connectivity index (χ0v) is 11.8. The smallest absolute Gasteiger partial charge is 0.291 e. The van der Waals surface area contributed by atoms with Crippen LogP contribution in [0, 0.1) is 19.8 Å². The summed E-state index contributed by atoms with van der Waals surface area (Å²) in [6.07, 6.45) is 0.967. The molecule has 5 nitrogen and oxygen atoms in total. The predicted molar refractivity (Wildman–Crippen MR) is 70.9 cm³/mol. The van der Waals surface area contributed by atoms with Gasteiger partial charge in [0.05, 0.1) is 5.69 Å². The standard InChI is InChI=1S/C12H19N3O2.ClH/c1-7-4-10(5-13)6-15(7)12(16)11-8(2)14-9(3)17-11;/h7,10H,4-6,13H2,1-3H3;1H. The molecule has 2 unspecified atom stereocenters. The van der Waals surface area contributed by atoms with Gasteiger partial charge in [0.25, 0.3) is 5.91 Å². The molecule has 0 spiro atoms. The van der Waals surface area contributed by atoms with Crippen molar-refractivity contribution in [1.29, 1.82) is 0 Å². The fourth-order valence-corrected chi connectivity index (χ4v) is 2.46. The van der Waals surface area contributed by atoms with Gasteiger partial charge in [-0.15, -0.1) is 12.4 Å². The van der Waals surface area contributed by atoms with Gasteiger partial charge in [-0.1, -0.05) is 0 Å². The van der Waals surface area contributed by atoms with E-state index in [0.717, 1.165) is 13.0 Å². The molecule has 0 radical (unpaired) electrons. The third-order valence-electron chi connectivity index (χ3n) is 3.35. The highest BCUT2D eigenvalue weighted by molar-refractivity contribution is 5.92. The van der Waals surface area contributed by atoms with E-state index < -0.39 is 0 Å². The Balaban J connectivity index is 0.00000162. The van der Waals surface area contributed by atoms with Gasteiger partial charge < -0.3 is 15.1 Å². The molecule has 0 aliphatic carbocycles. The minimum atomic E-state index is -0.0634. The maximum Gasteiger partial charge on any atom is 0.291 e. The number of aromatic nitrogens is 1. The Labute approximate surface area is 113 Å². The summed E-state index contributed by atoms with van der Waals surface area (Å²) in [7, 11) is 0. The molecular formula is C12H20ClN3O2. The summed E-state index contributed by atoms with van der Waals surface area (Å²) >= 11 is 0. The van der Waals surface area contributed by atoms with Gasteiger partial charge in [0, 0.05) is 19.5 Å². The van der Waals surface area contributed by atoms with Crippen LogP contribution in [0.5, 0.6) is 0 Å². The fourth-order valence-electron chi connectivity index (χ4n) is 2.46. The number of oxazole rings is 1. The van der Waals surface area contributed by atoms with Gasteiger partial charge in [0.1, 0.15) is 0 Å². The van der Waals surface area contributed by atoms with E-state index in [0.29, 0.717) is 29.8 Å². The highest BCUT2D eigenvalue weighted by Gasteiger charge is 2.34. The van der Waals surface area contributed by atoms with E-state index in [-0.39, 0.29) is 24.4 Å². The normalized spacial score (nSPS) is 23.0. The van der Waals surface area contributed by atoms with Crippen LogP contribution in [0.3, 0.4) is 0 Å². The lowest BCUT2D eigenvalue weighted by atomic mass is 10.1. The molecule has 2 heterocycles. The van der Waals surface area contributed by atoms with Crippen molar-refractivity contribution in [3.05, 3.63) is 17.3 Å². The number of rotatable bonds is 2. The minimum Gasteiger partial charge on any atom is -0.436 e. The molecule has 18 heavy (non-hydrogen) atoms. The fraction of sp³-hybridized carbons (Fsp3) is 0.667. The Kier molecular flexibility index (Phi) is 4.76. The van der Waals surface area contributed by atoms with Crippen molar-refractivity contribution in [2.24, 2.45) is 11.7 Å². The Bertz CT molecular complexity index is 433. The van der Waals surface area contributed by atoms with Crippen molar-refractivity contribution in [3.63, 3.8) is 0 Å². The predicted octanol–water partition coefficient (Wildman–Crippen LogP) is 1.52. The highest BCUT2D eigenvalue weighted by atomic mass is 35.5. The average molecular weight is 274 g/mol. The van der Waals surface area contributed by atoms with Crippen molar-refractivity contribution in [3.8, 4) is 0 Å². The largest absolute Gasteiger partial charge is 0.436 e. The minimum absolute atomic E-state index is 0. The molecule has 1 aromatic heterocycles. The van der Waals surface area contributed by atoms with Gasteiger partial charge in [0.15, 0.2) is 5.89 Å². The first-order chi connectivity index (χ1) is 8.02. The van der Waals surface area contributed by atoms with Gasteiger partial charge in [-0.2, -0.15) is 0 Å². The van der Waals surface area contributed by atoms with Gasteiger partial charge in [0.2, 0.25) is 5.76 Å². The molecule has 1 amide bonds. The Hall–Kier alpha value is -1.07. The number of aryl methyl sites for hydroxylation is 2. The first kappa shape index (κ1) is 15.0. The van der Waals surface area contributed by atoms with E-state index in [1.165, 1.54) is 0 Å². The number of likely N-dealkylation sites (tertiary alicyclic amines) is 1. The van der Waals surface area contributed by atoms with Gasteiger partial charge in [-0.3, -0.25) is 4.79 Å². The molecular weight excluding hydrogens is 254 g/mol. The summed E-state index contributed by atoms with van der Waals surface area (Å²) in [6.45, 7) is 6.94. The Morgan fingerprint density at radius 3 is 2.67 bits per heavy atom. The van der Waals surface area contributed by atoms with Gasteiger partial charge in [-0.25, -0.2) is 4.98 Å². The summed E-state index contributed by atoms with van der Waals surface area (Å²) < 4.78 is 5.37. The number of amides is 1. The van der Waals surface area contributed by atoms with Gasteiger partial charge >= 0.3 is 0 Å². The van der Waals surface area contributed by atoms with Crippen LogP contribution < -0.4 is 5.73 Å². The molecule has 0 aromatic carbocycles. The van der Waals surface area contributed by atoms with E-state index in [1.54, 1.807) is 13.8 Å². The van der Waals surface area contributed by atoms with E-state index in [4.69, 9.17) is 10.2 Å². The van der Waals surface area contributed by atoms with Crippen LogP contribution in [0.1, 0.15) is 35.5 Å². The van der Waals surface area contributed by atoms with E-state index >= 15 is 0 Å². The van der Waals surface area contributed by atoms with Crippen LogP contribution in [0.4, 0.5) is 0 Å². The van der Waals surface area contributed by atoms with Crippen LogP contribution in [0.15, 0.2) is 4.42 Å². The number of nitrogens with zero attached hydrogens (tertiary/aromatic N) is 2. The second-order valence-electron chi connectivity index (χ2n) is 4.79. The highest BCUT2D eigenvalue weighted by Crippen LogP contribution is 2.25. The van der Waals surface area contributed by atoms with Crippen LogP contribution in [-0.4, -0.2) is 34.9 Å². The molecule has 0 saturated carbocycles. The summed E-state index contributed by atoms with van der Waals surface area (Å²) in [5.74, 6) is 1.24. The zero-order valence-electron chi connectivity index (χ0n) is 11.0. The maximum atomic E-state index is 12.3. The molecule has 2 rings (SSSR count). The molecule has 0 bridgehead atoms. The molecule has 2 N–H and O–H groups in total. The summed E-state index contributed by atoms with van der Waals surface area (Å²) in [5.41, 5.74) is 6.32. The van der Waals surface area contributed by atoms with E-state index in [9.17, 15) is 4.79 Å². The van der Waals surface area contributed by atoms with E-state index in [2.05, 4.69) is 4.98 Å². The third kappa shape index (κ3) is 2.67. The molecule has 1 aromatic rings. The van der Waals surface area contributed by atoms with Crippen molar-refractivity contribution in [1.82, 2.24) is 9.88 Å². The molecule has 102 valence electrons. The second-order valence-corrected chi connectivity index (χ2v) is 4.79. The van der Waals surface area contributed by atoms with Crippen molar-refractivity contribution in [2.45, 2.75) is 33.2 Å². The maximum absolute atomic E-state index is 12.3. The third-order valence-corrected chi connectivity index (χ3v) is 3.35. The van der Waals surface area contributed by atoms with Crippen molar-refractivity contribution < 1.29 is 9.21 Å². The number of hydrogen-bond donors (Lipinski definition) is 1. The Morgan fingerprint density at radius 1 is 1.56 bits per heavy atom. The SMILES string of the molecule is Cc1nc(C)c(C(=O)N2CC(CN)CC2C)o1.Cl. The molecule has 6 heteroatoms. The quantitative estimate of drug-likeness (QED) is 0.887. The van der Waals surface area contributed by atoms with Crippen molar-refractivity contribution >= 4 is 18.3 Å². The van der Waals surface area contributed by atoms with Gasteiger partial charge in [-0.05, 0) is 32.7 Å². The lowest BCUT2D eigenvalue weighted by Crippen LogP contribution is -2.34. The number of carbonyl (C=O) groups excluding carboxylic acids is 1. The van der Waals surface area contributed by atoms with Crippen LogP contribution in [0.2, 0.25) is 0 Å². The number of halogens is 1. The Morgan fingerprint density at radius 2 is 2.22 bits per heavy atom. The summed E-state index contributed by atoms with van der Waals surface area (Å²) in [5, 5.41) is 0. The second kappa shape index (κ2) is 5.71. The summed E-state index contributed by atoms with van der Waals surface area (Å²) in [6, 6.07) is 0.223. The molecule has 2 atom stereocenters. The molecule has 1 fully saturated rings. The molecule has 1 aliphatic rings. The molecule has 1 aliphatic heterocycles. The lowest BCUT2D eigenvalue weighted by Gasteiger charge is -2.20. The lowest BCUT2D eigenvalue weighted by molar-refractivity contribution is 0.0708. The topological polar surface area (TPSA) is 72.4 Å². The first-order valence-electron chi connectivity index (χ1n) is 5.98. The number of carbonyl (C=O) groups is 1. The van der Waals surface area contributed by atoms with E-state index in [1.807, 2.05) is 11.8 Å². The molecule has 1 saturated heterocycles. The van der Waals surface area contributed by atoms with Crippen LogP contribution in [-0.2, 0) is 0 Å². The van der Waals surface area contributed by atoms with Crippen LogP contribution in [0.25, 0.3) is 0 Å². The first-order valence-corrected chi connectivity index (χ1v) is 5.98. The summed E-state index contributed by atoms with van der Waals surface area (Å²) in [4.78, 5) is 18.3. The average Bonchev–Trinajstić information content (AvgIpc) is 2.81. The van der Waals surface area contributed by atoms with Crippen molar-refractivity contribution in [2.75, 3.05) is 13.1 Å². The van der Waals surface area contributed by atoms with Crippen LogP contribution >= 0.6 is 12.4 Å². The zero-order chi connectivity index (χ0) is 12.6. The number of hydrogen-bond acceptors (Lipinski definition) is 4. The number of nitrogens with two attached hydrogens (primary N) is 1.